The van der Waals surface area contributed by atoms with Gasteiger partial charge in [-0.3, -0.25) is 4.79 Å². The van der Waals surface area contributed by atoms with E-state index in [0.29, 0.717) is 28.9 Å². The normalized spacial score (nSPS) is 12.9. The molecular formula is C35H39F3N4O5. The Morgan fingerprint density at radius 3 is 2.32 bits per heavy atom. The Labute approximate surface area is 271 Å². The lowest BCUT2D eigenvalue weighted by Gasteiger charge is -2.35. The van der Waals surface area contributed by atoms with Gasteiger partial charge in [-0.1, -0.05) is 38.1 Å². The maximum atomic E-state index is 14.4. The first-order chi connectivity index (χ1) is 22.2. The molecule has 4 rings (SSSR count). The van der Waals surface area contributed by atoms with Crippen LogP contribution in [-0.2, 0) is 33.0 Å². The number of esters is 1. The third-order valence-electron chi connectivity index (χ3n) is 7.11. The van der Waals surface area contributed by atoms with Gasteiger partial charge in [0, 0.05) is 29.4 Å². The van der Waals surface area contributed by atoms with Crippen LogP contribution < -0.4 is 25.8 Å². The van der Waals surface area contributed by atoms with Crippen molar-refractivity contribution in [1.82, 2.24) is 10.3 Å². The second kappa shape index (κ2) is 14.6. The number of nitrogens with two attached hydrogens (primary N) is 1. The summed E-state index contributed by atoms with van der Waals surface area (Å²) >= 11 is 0. The van der Waals surface area contributed by atoms with Crippen LogP contribution >= 0.6 is 0 Å². The molecule has 0 aliphatic carbocycles. The van der Waals surface area contributed by atoms with E-state index in [9.17, 15) is 22.8 Å². The molecule has 0 saturated carbocycles. The summed E-state index contributed by atoms with van der Waals surface area (Å²) in [6.07, 6.45) is -3.51. The topological polar surface area (TPSA) is 125 Å². The SMILES string of the molecule is CCOc1cc(C(Nc2ccc3c(N)nccc3c2)(OC(=O)C(F)(F)F)C(=O)NCc2ccccc2CC(C)C)ccc1OC(C)C. The zero-order chi connectivity index (χ0) is 34.4. The molecule has 0 radical (unpaired) electrons. The third kappa shape index (κ3) is 8.43. The number of halogens is 3. The summed E-state index contributed by atoms with van der Waals surface area (Å²) in [5.41, 5.74) is 5.01. The number of alkyl halides is 3. The average Bonchev–Trinajstić information content (AvgIpc) is 3.00. The molecule has 0 spiro atoms. The van der Waals surface area contributed by atoms with Gasteiger partial charge in [0.05, 0.1) is 12.7 Å². The molecule has 250 valence electrons. The Morgan fingerprint density at radius 1 is 0.936 bits per heavy atom. The number of nitrogens with one attached hydrogen (secondary N) is 2. The number of aromatic nitrogens is 1. The monoisotopic (exact) mass is 652 g/mol. The van der Waals surface area contributed by atoms with Crippen molar-refractivity contribution in [1.29, 1.82) is 0 Å². The van der Waals surface area contributed by atoms with E-state index < -0.39 is 23.8 Å². The summed E-state index contributed by atoms with van der Waals surface area (Å²) < 4.78 is 58.5. The molecule has 0 aliphatic heterocycles. The second-order valence-electron chi connectivity index (χ2n) is 11.6. The maximum absolute atomic E-state index is 14.4. The number of hydrogen-bond donors (Lipinski definition) is 3. The van der Waals surface area contributed by atoms with Gasteiger partial charge in [-0.15, -0.1) is 0 Å². The number of hydrogen-bond acceptors (Lipinski definition) is 8. The zero-order valence-corrected chi connectivity index (χ0v) is 26.9. The third-order valence-corrected chi connectivity index (χ3v) is 7.11. The van der Waals surface area contributed by atoms with E-state index in [4.69, 9.17) is 19.9 Å². The zero-order valence-electron chi connectivity index (χ0n) is 26.9. The van der Waals surface area contributed by atoms with E-state index >= 15 is 0 Å². The molecule has 4 aromatic rings. The first-order valence-corrected chi connectivity index (χ1v) is 15.2. The van der Waals surface area contributed by atoms with Crippen molar-refractivity contribution in [2.45, 2.75) is 65.6 Å². The fraction of sp³-hybridized carbons (Fsp3) is 0.343. The minimum absolute atomic E-state index is 0.0541. The summed E-state index contributed by atoms with van der Waals surface area (Å²) in [4.78, 5) is 31.1. The first kappa shape index (κ1) is 34.9. The number of amides is 1. The van der Waals surface area contributed by atoms with Gasteiger partial charge in [0.15, 0.2) is 11.5 Å². The standard InChI is InChI=1S/C35H39F3N4O5/c1-6-45-30-19-26(11-14-29(30)46-22(4)5)34(47-33(44)35(36,37)38,42-27-12-13-28-24(18-27)15-16-40-31(28)39)32(43)41-20-25-10-8-7-9-23(25)17-21(2)3/h7-16,18-19,21-22,42H,6,17,20H2,1-5H3,(H2,39,40)(H,41,43). The molecule has 0 saturated heterocycles. The van der Waals surface area contributed by atoms with Crippen molar-refractivity contribution >= 4 is 34.2 Å². The van der Waals surface area contributed by atoms with Crippen LogP contribution in [0.3, 0.4) is 0 Å². The molecule has 3 aromatic carbocycles. The Balaban J connectivity index is 1.90. The highest BCUT2D eigenvalue weighted by Gasteiger charge is 2.52. The molecule has 12 heteroatoms. The van der Waals surface area contributed by atoms with E-state index in [1.165, 1.54) is 30.5 Å². The first-order valence-electron chi connectivity index (χ1n) is 15.2. The largest absolute Gasteiger partial charge is 0.491 e. The Morgan fingerprint density at radius 2 is 1.66 bits per heavy atom. The highest BCUT2D eigenvalue weighted by Crippen LogP contribution is 2.38. The van der Waals surface area contributed by atoms with Gasteiger partial charge in [-0.05, 0) is 92.1 Å². The molecule has 1 amide bonds. The number of nitrogens with zero attached hydrogens (tertiary/aromatic N) is 1. The van der Waals surface area contributed by atoms with Crippen molar-refractivity contribution in [2.24, 2.45) is 5.92 Å². The predicted octanol–water partition coefficient (Wildman–Crippen LogP) is 6.89. The van der Waals surface area contributed by atoms with E-state index in [1.54, 1.807) is 45.0 Å². The van der Waals surface area contributed by atoms with Crippen molar-refractivity contribution in [2.75, 3.05) is 17.7 Å². The van der Waals surface area contributed by atoms with Crippen LogP contribution in [0, 0.1) is 5.92 Å². The van der Waals surface area contributed by atoms with Crippen molar-refractivity contribution in [3.8, 4) is 11.5 Å². The number of carbonyl (C=O) groups excluding carboxylic acids is 2. The highest BCUT2D eigenvalue weighted by atomic mass is 19.4. The molecule has 0 fully saturated rings. The Hall–Kier alpha value is -5.00. The van der Waals surface area contributed by atoms with Crippen LogP contribution in [0.25, 0.3) is 10.8 Å². The number of anilines is 2. The van der Waals surface area contributed by atoms with Gasteiger partial charge in [0.25, 0.3) is 11.6 Å². The fourth-order valence-electron chi connectivity index (χ4n) is 5.09. The molecule has 1 atom stereocenters. The Kier molecular flexibility index (Phi) is 10.8. The molecule has 1 aromatic heterocycles. The lowest BCUT2D eigenvalue weighted by molar-refractivity contribution is -0.213. The van der Waals surface area contributed by atoms with Crippen molar-refractivity contribution in [3.05, 3.63) is 89.6 Å². The van der Waals surface area contributed by atoms with E-state index in [0.717, 1.165) is 11.1 Å². The smallest absolute Gasteiger partial charge is 0.490 e. The molecule has 9 nitrogen and oxygen atoms in total. The second-order valence-corrected chi connectivity index (χ2v) is 11.6. The number of ether oxygens (including phenoxy) is 3. The van der Waals surface area contributed by atoms with Gasteiger partial charge in [0.1, 0.15) is 5.82 Å². The number of rotatable bonds is 13. The number of nitrogen functional groups attached to an aromatic ring is 1. The molecule has 1 unspecified atom stereocenters. The highest BCUT2D eigenvalue weighted by molar-refractivity contribution is 5.95. The minimum Gasteiger partial charge on any atom is -0.490 e. The molecular weight excluding hydrogens is 613 g/mol. The van der Waals surface area contributed by atoms with Crippen LogP contribution in [0.5, 0.6) is 11.5 Å². The van der Waals surface area contributed by atoms with Gasteiger partial charge < -0.3 is 30.6 Å². The Bertz CT molecular complexity index is 1730. The summed E-state index contributed by atoms with van der Waals surface area (Å²) in [6.45, 7) is 9.55. The van der Waals surface area contributed by atoms with Crippen LogP contribution in [-0.4, -0.2) is 35.7 Å². The van der Waals surface area contributed by atoms with Gasteiger partial charge in [-0.2, -0.15) is 13.2 Å². The van der Waals surface area contributed by atoms with E-state index in [1.807, 2.05) is 18.2 Å². The lowest BCUT2D eigenvalue weighted by atomic mass is 9.97. The summed E-state index contributed by atoms with van der Waals surface area (Å²) in [5, 5.41) is 6.71. The average molecular weight is 653 g/mol. The summed E-state index contributed by atoms with van der Waals surface area (Å²) in [7, 11) is 0. The molecule has 4 N–H and O–H groups in total. The summed E-state index contributed by atoms with van der Waals surface area (Å²) in [5.74, 6) is -2.65. The predicted molar refractivity (Wildman–Crippen MR) is 174 cm³/mol. The lowest BCUT2D eigenvalue weighted by Crippen LogP contribution is -2.54. The van der Waals surface area contributed by atoms with Crippen LogP contribution in [0.15, 0.2) is 72.9 Å². The minimum atomic E-state index is -5.43. The molecule has 1 heterocycles. The van der Waals surface area contributed by atoms with Gasteiger partial charge >= 0.3 is 12.1 Å². The number of benzene rings is 3. The number of carbonyl (C=O) groups is 2. The van der Waals surface area contributed by atoms with Gasteiger partial charge in [0.2, 0.25) is 0 Å². The number of pyridine rings is 1. The van der Waals surface area contributed by atoms with E-state index in [2.05, 4.69) is 29.5 Å². The maximum Gasteiger partial charge on any atom is 0.491 e. The van der Waals surface area contributed by atoms with Crippen LogP contribution in [0.4, 0.5) is 24.7 Å². The van der Waals surface area contributed by atoms with E-state index in [-0.39, 0.29) is 42.1 Å². The van der Waals surface area contributed by atoms with Crippen molar-refractivity contribution in [3.63, 3.8) is 0 Å². The number of fused-ring (bicyclic) bond motifs is 1. The van der Waals surface area contributed by atoms with Gasteiger partial charge in [-0.25, -0.2) is 9.78 Å². The van der Waals surface area contributed by atoms with Crippen LogP contribution in [0.1, 0.15) is 51.3 Å². The quantitative estimate of drug-likeness (QED) is 0.105. The summed E-state index contributed by atoms with van der Waals surface area (Å²) in [6, 6.07) is 17.9. The fourth-order valence-corrected chi connectivity index (χ4v) is 5.09. The van der Waals surface area contributed by atoms with Crippen molar-refractivity contribution < 1.29 is 37.0 Å². The van der Waals surface area contributed by atoms with Crippen LogP contribution in [0.2, 0.25) is 0 Å². The molecule has 0 bridgehead atoms. The molecule has 47 heavy (non-hydrogen) atoms. The molecule has 0 aliphatic rings.